The second-order valence-corrected chi connectivity index (χ2v) is 4.87. The molecule has 0 amide bonds. The smallest absolute Gasteiger partial charge is 0.205 e. The van der Waals surface area contributed by atoms with Crippen LogP contribution in [-0.4, -0.2) is 16.7 Å². The molecule has 18 heavy (non-hydrogen) atoms. The predicted molar refractivity (Wildman–Crippen MR) is 69.8 cm³/mol. The van der Waals surface area contributed by atoms with Crippen molar-refractivity contribution in [2.75, 3.05) is 11.9 Å². The molecule has 2 aromatic rings. The maximum Gasteiger partial charge on any atom is 0.205 e. The topological polar surface area (TPSA) is 47.0 Å². The Morgan fingerprint density at radius 3 is 3.00 bits per heavy atom. The molecule has 1 aromatic heterocycles. The number of halogens is 2. The Labute approximate surface area is 113 Å². The van der Waals surface area contributed by atoms with Gasteiger partial charge in [-0.2, -0.15) is 0 Å². The number of rotatable bonds is 5. The summed E-state index contributed by atoms with van der Waals surface area (Å²) in [6, 6.07) is 4.31. The molecule has 0 fully saturated rings. The zero-order chi connectivity index (χ0) is 13.0. The van der Waals surface area contributed by atoms with Gasteiger partial charge in [0.1, 0.15) is 18.2 Å². The van der Waals surface area contributed by atoms with Gasteiger partial charge in [-0.15, -0.1) is 10.2 Å². The quantitative estimate of drug-likeness (QED) is 0.916. The summed E-state index contributed by atoms with van der Waals surface area (Å²) in [5.41, 5.74) is 0. The van der Waals surface area contributed by atoms with Gasteiger partial charge in [-0.25, -0.2) is 4.39 Å². The molecule has 0 aliphatic carbocycles. The molecule has 0 spiro atoms. The number of ether oxygens (including phenoxy) is 1. The fourth-order valence-electron chi connectivity index (χ4n) is 1.25. The van der Waals surface area contributed by atoms with E-state index in [1.54, 1.807) is 6.07 Å². The maximum absolute atomic E-state index is 13.2. The van der Waals surface area contributed by atoms with Gasteiger partial charge in [0.05, 0.1) is 5.02 Å². The van der Waals surface area contributed by atoms with E-state index in [1.807, 2.05) is 6.92 Å². The fourth-order valence-corrected chi connectivity index (χ4v) is 2.08. The molecule has 0 unspecified atom stereocenters. The van der Waals surface area contributed by atoms with Crippen LogP contribution in [-0.2, 0) is 6.61 Å². The summed E-state index contributed by atoms with van der Waals surface area (Å²) < 4.78 is 18.6. The average Bonchev–Trinajstić information content (AvgIpc) is 2.79. The summed E-state index contributed by atoms with van der Waals surface area (Å²) in [6.45, 7) is 3.02. The van der Waals surface area contributed by atoms with E-state index in [9.17, 15) is 4.39 Å². The van der Waals surface area contributed by atoms with Crippen LogP contribution in [0.1, 0.15) is 11.9 Å². The number of benzene rings is 1. The lowest BCUT2D eigenvalue weighted by Gasteiger charge is -2.03. The molecule has 1 N–H and O–H groups in total. The number of hydrogen-bond donors (Lipinski definition) is 1. The van der Waals surface area contributed by atoms with Crippen molar-refractivity contribution in [1.29, 1.82) is 0 Å². The maximum atomic E-state index is 13.2. The van der Waals surface area contributed by atoms with Crippen LogP contribution in [0, 0.1) is 5.82 Å². The zero-order valence-corrected chi connectivity index (χ0v) is 11.2. The van der Waals surface area contributed by atoms with Crippen LogP contribution in [0.3, 0.4) is 0 Å². The van der Waals surface area contributed by atoms with Crippen molar-refractivity contribution in [1.82, 2.24) is 10.2 Å². The molecular weight excluding hydrogens is 277 g/mol. The summed E-state index contributed by atoms with van der Waals surface area (Å²) >= 11 is 6.98. The van der Waals surface area contributed by atoms with E-state index in [2.05, 4.69) is 15.5 Å². The van der Waals surface area contributed by atoms with Crippen LogP contribution in [0.2, 0.25) is 5.02 Å². The molecular formula is C11H11ClFN3OS. The molecule has 4 nitrogen and oxygen atoms in total. The van der Waals surface area contributed by atoms with Gasteiger partial charge in [-0.05, 0) is 19.1 Å². The van der Waals surface area contributed by atoms with Crippen molar-refractivity contribution in [2.45, 2.75) is 13.5 Å². The lowest BCUT2D eigenvalue weighted by molar-refractivity contribution is 0.303. The normalized spacial score (nSPS) is 10.4. The highest BCUT2D eigenvalue weighted by Crippen LogP contribution is 2.22. The van der Waals surface area contributed by atoms with Crippen molar-refractivity contribution in [3.05, 3.63) is 34.0 Å². The van der Waals surface area contributed by atoms with E-state index in [-0.39, 0.29) is 11.6 Å². The highest BCUT2D eigenvalue weighted by molar-refractivity contribution is 7.15. The first kappa shape index (κ1) is 13.0. The summed E-state index contributed by atoms with van der Waals surface area (Å²) in [7, 11) is 0. The summed E-state index contributed by atoms with van der Waals surface area (Å²) in [4.78, 5) is 0. The van der Waals surface area contributed by atoms with E-state index in [0.717, 1.165) is 16.7 Å². The van der Waals surface area contributed by atoms with Gasteiger partial charge in [-0.3, -0.25) is 0 Å². The zero-order valence-electron chi connectivity index (χ0n) is 9.61. The highest BCUT2D eigenvalue weighted by atomic mass is 35.5. The highest BCUT2D eigenvalue weighted by Gasteiger charge is 2.06. The minimum atomic E-state index is -0.500. The van der Waals surface area contributed by atoms with Crippen molar-refractivity contribution in [3.63, 3.8) is 0 Å². The molecule has 0 saturated carbocycles. The van der Waals surface area contributed by atoms with E-state index in [0.29, 0.717) is 5.75 Å². The Kier molecular flexibility index (Phi) is 4.33. The first-order chi connectivity index (χ1) is 8.69. The second-order valence-electron chi connectivity index (χ2n) is 3.40. The Balaban J connectivity index is 1.95. The number of hydrogen-bond acceptors (Lipinski definition) is 5. The SMILES string of the molecule is CCNc1nnc(COc2ccc(Cl)c(F)c2)s1. The molecule has 0 aliphatic rings. The van der Waals surface area contributed by atoms with Crippen molar-refractivity contribution >= 4 is 28.1 Å². The van der Waals surface area contributed by atoms with Crippen LogP contribution in [0.5, 0.6) is 5.75 Å². The van der Waals surface area contributed by atoms with Crippen molar-refractivity contribution in [3.8, 4) is 5.75 Å². The van der Waals surface area contributed by atoms with Crippen molar-refractivity contribution in [2.24, 2.45) is 0 Å². The van der Waals surface area contributed by atoms with Gasteiger partial charge in [0.25, 0.3) is 0 Å². The largest absolute Gasteiger partial charge is 0.486 e. The number of aromatic nitrogens is 2. The molecule has 0 bridgehead atoms. The molecule has 1 heterocycles. The van der Waals surface area contributed by atoms with E-state index >= 15 is 0 Å². The minimum absolute atomic E-state index is 0.0766. The van der Waals surface area contributed by atoms with Crippen LogP contribution < -0.4 is 10.1 Å². The van der Waals surface area contributed by atoms with Gasteiger partial charge in [0.2, 0.25) is 5.13 Å². The third kappa shape index (κ3) is 3.30. The molecule has 7 heteroatoms. The average molecular weight is 288 g/mol. The lowest BCUT2D eigenvalue weighted by atomic mass is 10.3. The Morgan fingerprint density at radius 2 is 2.28 bits per heavy atom. The fraction of sp³-hybridized carbons (Fsp3) is 0.273. The molecule has 0 aliphatic heterocycles. The number of nitrogens with one attached hydrogen (secondary N) is 1. The van der Waals surface area contributed by atoms with Crippen molar-refractivity contribution < 1.29 is 9.13 Å². The molecule has 0 radical (unpaired) electrons. The number of anilines is 1. The Morgan fingerprint density at radius 1 is 1.44 bits per heavy atom. The molecule has 2 rings (SSSR count). The van der Waals surface area contributed by atoms with Crippen LogP contribution in [0.15, 0.2) is 18.2 Å². The first-order valence-corrected chi connectivity index (χ1v) is 6.52. The van der Waals surface area contributed by atoms with E-state index < -0.39 is 5.82 Å². The summed E-state index contributed by atoms with van der Waals surface area (Å²) in [5.74, 6) is -0.0862. The number of nitrogens with zero attached hydrogens (tertiary/aromatic N) is 2. The minimum Gasteiger partial charge on any atom is -0.486 e. The standard InChI is InChI=1S/C11H11ClFN3OS/c1-2-14-11-16-15-10(18-11)6-17-7-3-4-8(12)9(13)5-7/h3-5H,2,6H2,1H3,(H,14,16). The summed E-state index contributed by atoms with van der Waals surface area (Å²) in [6.07, 6.45) is 0. The van der Waals surface area contributed by atoms with E-state index in [4.69, 9.17) is 16.3 Å². The van der Waals surface area contributed by atoms with Gasteiger partial charge >= 0.3 is 0 Å². The molecule has 96 valence electrons. The van der Waals surface area contributed by atoms with Gasteiger partial charge in [0.15, 0.2) is 5.01 Å². The Bertz CT molecular complexity index is 535. The van der Waals surface area contributed by atoms with Crippen LogP contribution in [0.25, 0.3) is 0 Å². The van der Waals surface area contributed by atoms with Gasteiger partial charge in [0, 0.05) is 12.6 Å². The van der Waals surface area contributed by atoms with Crippen LogP contribution in [0.4, 0.5) is 9.52 Å². The third-order valence-electron chi connectivity index (χ3n) is 2.05. The molecule has 1 aromatic carbocycles. The predicted octanol–water partition coefficient (Wildman–Crippen LogP) is 3.34. The first-order valence-electron chi connectivity index (χ1n) is 5.33. The van der Waals surface area contributed by atoms with Gasteiger partial charge in [-0.1, -0.05) is 22.9 Å². The molecule has 0 saturated heterocycles. The molecule has 0 atom stereocenters. The third-order valence-corrected chi connectivity index (χ3v) is 3.21. The van der Waals surface area contributed by atoms with Crippen LogP contribution >= 0.6 is 22.9 Å². The second kappa shape index (κ2) is 5.97. The summed E-state index contributed by atoms with van der Waals surface area (Å²) in [5, 5.41) is 12.5. The monoisotopic (exact) mass is 287 g/mol. The van der Waals surface area contributed by atoms with Gasteiger partial charge < -0.3 is 10.1 Å². The Hall–Kier alpha value is -1.40. The van der Waals surface area contributed by atoms with E-state index in [1.165, 1.54) is 23.5 Å². The lowest BCUT2D eigenvalue weighted by Crippen LogP contribution is -1.95.